The van der Waals surface area contributed by atoms with Crippen LogP contribution < -0.4 is 5.32 Å². The number of rotatable bonds is 3. The van der Waals surface area contributed by atoms with E-state index in [1.165, 1.54) is 43.9 Å². The van der Waals surface area contributed by atoms with Crippen LogP contribution in [0.2, 0.25) is 0 Å². The van der Waals surface area contributed by atoms with Crippen LogP contribution in [0.5, 0.6) is 0 Å². The number of nitrogens with zero attached hydrogens (tertiary/aromatic N) is 3. The van der Waals surface area contributed by atoms with Gasteiger partial charge in [0.25, 0.3) is 0 Å². The lowest BCUT2D eigenvalue weighted by Crippen LogP contribution is -2.44. The van der Waals surface area contributed by atoms with Crippen molar-refractivity contribution in [1.82, 2.24) is 19.8 Å². The zero-order chi connectivity index (χ0) is 13.2. The first-order chi connectivity index (χ1) is 9.25. The van der Waals surface area contributed by atoms with Crippen LogP contribution in [-0.4, -0.2) is 47.2 Å². The van der Waals surface area contributed by atoms with Crippen LogP contribution in [-0.2, 0) is 13.0 Å². The highest BCUT2D eigenvalue weighted by Crippen LogP contribution is 2.28. The zero-order valence-corrected chi connectivity index (χ0v) is 13.2. The third-order valence-electron chi connectivity index (χ3n) is 4.28. The van der Waals surface area contributed by atoms with E-state index in [9.17, 15) is 0 Å². The number of aromatic nitrogens is 2. The predicted octanol–water partition coefficient (Wildman–Crippen LogP) is 1.99. The Balaban J connectivity index is 1.73. The normalized spacial score (nSPS) is 22.2. The largest absolute Gasteiger partial charge is 0.331 e. The molecule has 4 nitrogen and oxygen atoms in total. The van der Waals surface area contributed by atoms with Crippen LogP contribution in [0.15, 0.2) is 4.60 Å². The molecule has 0 bridgehead atoms. The molecule has 2 aliphatic rings. The van der Waals surface area contributed by atoms with Crippen molar-refractivity contribution in [3.8, 4) is 0 Å². The molecule has 1 atom stereocenters. The van der Waals surface area contributed by atoms with Crippen molar-refractivity contribution in [2.24, 2.45) is 0 Å². The molecular weight excluding hydrogens is 304 g/mol. The van der Waals surface area contributed by atoms with Gasteiger partial charge in [0, 0.05) is 45.2 Å². The van der Waals surface area contributed by atoms with Gasteiger partial charge in [0.1, 0.15) is 10.4 Å². The Labute approximate surface area is 123 Å². The van der Waals surface area contributed by atoms with E-state index in [0.717, 1.165) is 30.8 Å². The Morgan fingerprint density at radius 1 is 1.26 bits per heavy atom. The first-order valence-corrected chi connectivity index (χ1v) is 8.23. The maximum absolute atomic E-state index is 4.80. The Hall–Kier alpha value is -0.390. The molecule has 19 heavy (non-hydrogen) atoms. The van der Waals surface area contributed by atoms with Gasteiger partial charge in [-0.05, 0) is 35.2 Å². The Kier molecular flexibility index (Phi) is 4.24. The fraction of sp³-hybridized carbons (Fsp3) is 0.786. The van der Waals surface area contributed by atoms with Crippen LogP contribution in [0.25, 0.3) is 0 Å². The fourth-order valence-corrected chi connectivity index (χ4v) is 3.86. The fourth-order valence-electron chi connectivity index (χ4n) is 3.26. The Morgan fingerprint density at radius 3 is 2.84 bits per heavy atom. The number of imidazole rings is 1. The third-order valence-corrected chi connectivity index (χ3v) is 4.92. The van der Waals surface area contributed by atoms with E-state index in [2.05, 4.69) is 37.6 Å². The van der Waals surface area contributed by atoms with E-state index in [-0.39, 0.29) is 0 Å². The van der Waals surface area contributed by atoms with Crippen LogP contribution in [0.4, 0.5) is 0 Å². The molecule has 1 N–H and O–H groups in total. The Morgan fingerprint density at radius 2 is 2.05 bits per heavy atom. The number of hydrogen-bond donors (Lipinski definition) is 1. The van der Waals surface area contributed by atoms with E-state index >= 15 is 0 Å². The van der Waals surface area contributed by atoms with E-state index in [1.54, 1.807) is 0 Å². The maximum Gasteiger partial charge on any atom is 0.127 e. The maximum atomic E-state index is 4.80. The van der Waals surface area contributed by atoms with Gasteiger partial charge in [0.2, 0.25) is 0 Å². The molecule has 106 valence electrons. The minimum Gasteiger partial charge on any atom is -0.331 e. The van der Waals surface area contributed by atoms with Crippen LogP contribution >= 0.6 is 15.9 Å². The van der Waals surface area contributed by atoms with Crippen molar-refractivity contribution >= 4 is 15.9 Å². The van der Waals surface area contributed by atoms with E-state index < -0.39 is 0 Å². The van der Waals surface area contributed by atoms with Gasteiger partial charge in [-0.2, -0.15) is 0 Å². The molecule has 1 aromatic rings. The van der Waals surface area contributed by atoms with Gasteiger partial charge in [-0.25, -0.2) is 4.98 Å². The predicted molar refractivity (Wildman–Crippen MR) is 80.6 cm³/mol. The van der Waals surface area contributed by atoms with Crippen molar-refractivity contribution in [3.63, 3.8) is 0 Å². The molecule has 0 aliphatic carbocycles. The summed E-state index contributed by atoms with van der Waals surface area (Å²) in [6.45, 7) is 9.17. The first kappa shape index (κ1) is 13.6. The number of nitrogens with one attached hydrogen (secondary N) is 1. The summed E-state index contributed by atoms with van der Waals surface area (Å²) in [5.41, 5.74) is 1.41. The number of piperazine rings is 1. The summed E-state index contributed by atoms with van der Waals surface area (Å²) in [6.07, 6.45) is 3.77. The summed E-state index contributed by atoms with van der Waals surface area (Å²) in [6, 6.07) is 0. The highest BCUT2D eigenvalue weighted by Gasteiger charge is 2.23. The minimum absolute atomic E-state index is 0.515. The van der Waals surface area contributed by atoms with Crippen LogP contribution in [0.1, 0.15) is 37.2 Å². The van der Waals surface area contributed by atoms with Crippen molar-refractivity contribution < 1.29 is 0 Å². The lowest BCUT2D eigenvalue weighted by molar-refractivity contribution is 0.227. The van der Waals surface area contributed by atoms with E-state index in [1.807, 2.05) is 0 Å². The standard InChI is InChI=1S/C14H23BrN4/c1-11(10-18-8-5-16-6-9-18)14-17-13(15)12-4-2-3-7-19(12)14/h11,16H,2-10H2,1H3. The SMILES string of the molecule is CC(CN1CCNCC1)c1nc(Br)c2n1CCCC2. The van der Waals surface area contributed by atoms with Gasteiger partial charge < -0.3 is 14.8 Å². The topological polar surface area (TPSA) is 33.1 Å². The summed E-state index contributed by atoms with van der Waals surface area (Å²) < 4.78 is 3.54. The molecule has 5 heteroatoms. The summed E-state index contributed by atoms with van der Waals surface area (Å²) in [4.78, 5) is 7.35. The van der Waals surface area contributed by atoms with Gasteiger partial charge >= 0.3 is 0 Å². The van der Waals surface area contributed by atoms with E-state index in [0.29, 0.717) is 5.92 Å². The number of fused-ring (bicyclic) bond motifs is 1. The Bertz CT molecular complexity index is 437. The average molecular weight is 327 g/mol. The highest BCUT2D eigenvalue weighted by atomic mass is 79.9. The minimum atomic E-state index is 0.515. The molecule has 0 radical (unpaired) electrons. The van der Waals surface area contributed by atoms with Gasteiger partial charge in [-0.3, -0.25) is 0 Å². The van der Waals surface area contributed by atoms with Crippen LogP contribution in [0.3, 0.4) is 0 Å². The lowest BCUT2D eigenvalue weighted by atomic mass is 10.1. The van der Waals surface area contributed by atoms with E-state index in [4.69, 9.17) is 4.98 Å². The van der Waals surface area contributed by atoms with Gasteiger partial charge in [-0.15, -0.1) is 0 Å². The monoisotopic (exact) mass is 326 g/mol. The second-order valence-corrected chi connectivity index (χ2v) is 6.52. The molecule has 1 aromatic heterocycles. The molecule has 1 unspecified atom stereocenters. The van der Waals surface area contributed by atoms with Gasteiger partial charge in [0.05, 0.1) is 5.69 Å². The molecular formula is C14H23BrN4. The zero-order valence-electron chi connectivity index (χ0n) is 11.7. The summed E-state index contributed by atoms with van der Waals surface area (Å²) in [5.74, 6) is 1.79. The quantitative estimate of drug-likeness (QED) is 0.922. The lowest BCUT2D eigenvalue weighted by Gasteiger charge is -2.30. The first-order valence-electron chi connectivity index (χ1n) is 7.43. The third kappa shape index (κ3) is 2.88. The van der Waals surface area contributed by atoms with Crippen molar-refractivity contribution in [2.75, 3.05) is 32.7 Å². The van der Waals surface area contributed by atoms with Gasteiger partial charge in [-0.1, -0.05) is 6.92 Å². The molecule has 3 heterocycles. The molecule has 0 amide bonds. The van der Waals surface area contributed by atoms with Gasteiger partial charge in [0.15, 0.2) is 0 Å². The summed E-state index contributed by atoms with van der Waals surface area (Å²) >= 11 is 3.64. The average Bonchev–Trinajstić information content (AvgIpc) is 2.78. The van der Waals surface area contributed by atoms with Crippen molar-refractivity contribution in [2.45, 2.75) is 38.6 Å². The summed E-state index contributed by atoms with van der Waals surface area (Å²) in [7, 11) is 0. The second kappa shape index (κ2) is 5.94. The smallest absolute Gasteiger partial charge is 0.127 e. The molecule has 0 aromatic carbocycles. The molecule has 0 spiro atoms. The molecule has 2 aliphatic heterocycles. The summed E-state index contributed by atoms with van der Waals surface area (Å²) in [5, 5.41) is 3.41. The number of hydrogen-bond acceptors (Lipinski definition) is 3. The molecule has 0 saturated carbocycles. The molecule has 1 saturated heterocycles. The van der Waals surface area contributed by atoms with Crippen molar-refractivity contribution in [1.29, 1.82) is 0 Å². The molecule has 3 rings (SSSR count). The highest BCUT2D eigenvalue weighted by molar-refractivity contribution is 9.10. The second-order valence-electron chi connectivity index (χ2n) is 5.77. The van der Waals surface area contributed by atoms with Crippen LogP contribution in [0, 0.1) is 0 Å². The van der Waals surface area contributed by atoms with Crippen molar-refractivity contribution in [3.05, 3.63) is 16.1 Å². The molecule has 1 fully saturated rings. The number of halogens is 1.